The Morgan fingerprint density at radius 2 is 2.11 bits per heavy atom. The summed E-state index contributed by atoms with van der Waals surface area (Å²) in [7, 11) is -1.41. The van der Waals surface area contributed by atoms with Gasteiger partial charge in [0, 0.05) is 23.4 Å². The Labute approximate surface area is 117 Å². The van der Waals surface area contributed by atoms with E-state index in [9.17, 15) is 4.79 Å². The zero-order chi connectivity index (χ0) is 13.2. The Bertz CT molecular complexity index is 533. The van der Waals surface area contributed by atoms with Crippen LogP contribution in [0.25, 0.3) is 0 Å². The van der Waals surface area contributed by atoms with E-state index in [-0.39, 0.29) is 5.91 Å². The van der Waals surface area contributed by atoms with Crippen LogP contribution >= 0.6 is 32.3 Å². The number of carbonyl (C=O) groups excluding carboxylic acids is 1. The molecule has 0 unspecified atom stereocenters. The second kappa shape index (κ2) is 5.34. The van der Waals surface area contributed by atoms with Crippen LogP contribution in [0.3, 0.4) is 0 Å². The second-order valence-corrected chi connectivity index (χ2v) is 8.68. The molecule has 0 bridgehead atoms. The molecular weight excluding hydrogens is 290 g/mol. The molecule has 18 heavy (non-hydrogen) atoms. The maximum atomic E-state index is 11.2. The number of anilines is 1. The Hall–Kier alpha value is -0.980. The number of benzene rings is 1. The van der Waals surface area contributed by atoms with E-state index in [4.69, 9.17) is 11.6 Å². The maximum absolute atomic E-state index is 11.2. The number of carbonyl (C=O) groups is 1. The molecule has 1 N–H and O–H groups in total. The highest BCUT2D eigenvalue weighted by molar-refractivity contribution is 8.98. The Morgan fingerprint density at radius 1 is 1.44 bits per heavy atom. The van der Waals surface area contributed by atoms with Gasteiger partial charge in [-0.05, 0) is 17.7 Å². The van der Waals surface area contributed by atoms with Crippen molar-refractivity contribution in [1.82, 2.24) is 0 Å². The lowest BCUT2D eigenvalue weighted by Gasteiger charge is -2.23. The highest BCUT2D eigenvalue weighted by Gasteiger charge is 2.20. The van der Waals surface area contributed by atoms with Gasteiger partial charge in [0.1, 0.15) is 0 Å². The van der Waals surface area contributed by atoms with Gasteiger partial charge in [0.15, 0.2) is 0 Å². The summed E-state index contributed by atoms with van der Waals surface area (Å²) >= 11 is 10.5. The van der Waals surface area contributed by atoms with E-state index in [2.05, 4.69) is 27.2 Å². The average molecular weight is 302 g/mol. The van der Waals surface area contributed by atoms with Crippen LogP contribution in [0.2, 0.25) is 5.02 Å². The van der Waals surface area contributed by atoms with Crippen molar-refractivity contribution >= 4 is 55.0 Å². The van der Waals surface area contributed by atoms with Crippen molar-refractivity contribution in [2.45, 2.75) is 12.7 Å². The van der Waals surface area contributed by atoms with Gasteiger partial charge in [0.05, 0.1) is 11.1 Å². The molecule has 1 aromatic rings. The number of nitrogens with zero attached hydrogens (tertiary/aromatic N) is 2. The smallest absolute Gasteiger partial charge is 0.221 e. The monoisotopic (exact) mass is 301 g/mol. The fourth-order valence-corrected chi connectivity index (χ4v) is 3.78. The van der Waals surface area contributed by atoms with Crippen molar-refractivity contribution in [2.24, 2.45) is 10.2 Å². The predicted molar refractivity (Wildman–Crippen MR) is 83.0 cm³/mol. The van der Waals surface area contributed by atoms with Crippen molar-refractivity contribution in [3.8, 4) is 0 Å². The number of hydrogen-bond donors (Lipinski definition) is 2. The van der Waals surface area contributed by atoms with E-state index in [1.807, 2.05) is 6.07 Å². The first-order valence-corrected chi connectivity index (χ1v) is 8.50. The third kappa shape index (κ3) is 3.28. The number of rotatable bonds is 3. The molecule has 1 amide bonds. The summed E-state index contributed by atoms with van der Waals surface area (Å²) in [5, 5.41) is 11.0. The topological polar surface area (TPSA) is 53.8 Å². The molecule has 2 rings (SSSR count). The molecule has 1 aliphatic rings. The molecule has 0 aliphatic carbocycles. The van der Waals surface area contributed by atoms with Crippen LogP contribution in [-0.4, -0.2) is 17.0 Å². The summed E-state index contributed by atoms with van der Waals surface area (Å²) in [6, 6.07) is 5.42. The van der Waals surface area contributed by atoms with Crippen LogP contribution < -0.4 is 5.32 Å². The van der Waals surface area contributed by atoms with Gasteiger partial charge in [0.2, 0.25) is 5.91 Å². The van der Waals surface area contributed by atoms with Gasteiger partial charge in [-0.2, -0.15) is 10.2 Å². The largest absolute Gasteiger partial charge is 0.326 e. The Kier molecular flexibility index (Phi) is 3.99. The first-order chi connectivity index (χ1) is 8.48. The van der Waals surface area contributed by atoms with Crippen LogP contribution in [0.15, 0.2) is 28.4 Å². The number of nitrogens with one attached hydrogen (secondary N) is 1. The lowest BCUT2D eigenvalue weighted by Crippen LogP contribution is -2.09. The van der Waals surface area contributed by atoms with Crippen LogP contribution in [0, 0.1) is 0 Å². The van der Waals surface area contributed by atoms with Gasteiger partial charge in [-0.1, -0.05) is 17.7 Å². The zero-order valence-electron chi connectivity index (χ0n) is 9.63. The van der Waals surface area contributed by atoms with Crippen LogP contribution in [0.5, 0.6) is 0 Å². The molecule has 0 saturated carbocycles. The van der Waals surface area contributed by atoms with E-state index in [1.54, 1.807) is 23.2 Å². The number of hydrogen-bond acceptors (Lipinski definition) is 4. The van der Waals surface area contributed by atoms with Gasteiger partial charge in [-0.15, -0.1) is 20.7 Å². The van der Waals surface area contributed by atoms with Gasteiger partial charge < -0.3 is 5.32 Å². The van der Waals surface area contributed by atoms with E-state index < -0.39 is 9.06 Å². The van der Waals surface area contributed by atoms with Crippen molar-refractivity contribution < 1.29 is 4.79 Å². The van der Waals surface area contributed by atoms with Gasteiger partial charge in [-0.25, -0.2) is 0 Å². The fraction of sp³-hybridized carbons (Fsp3) is 0.182. The minimum atomic E-state index is -1.41. The third-order valence-corrected chi connectivity index (χ3v) is 5.18. The molecule has 0 atom stereocenters. The summed E-state index contributed by atoms with van der Waals surface area (Å²) in [4.78, 5) is 11.2. The van der Waals surface area contributed by atoms with Crippen molar-refractivity contribution in [1.29, 1.82) is 0 Å². The molecule has 1 heterocycles. The molecule has 1 aliphatic heterocycles. The van der Waals surface area contributed by atoms with Crippen molar-refractivity contribution in [3.63, 3.8) is 0 Å². The predicted octanol–water partition coefficient (Wildman–Crippen LogP) is 3.43. The van der Waals surface area contributed by atoms with Crippen molar-refractivity contribution in [3.05, 3.63) is 28.8 Å². The first-order valence-electron chi connectivity index (χ1n) is 5.14. The normalized spacial score (nSPS) is 17.7. The molecule has 7 heteroatoms. The van der Waals surface area contributed by atoms with Gasteiger partial charge in [0.25, 0.3) is 0 Å². The van der Waals surface area contributed by atoms with E-state index in [0.717, 1.165) is 5.56 Å². The zero-order valence-corrected chi connectivity index (χ0v) is 12.1. The Morgan fingerprint density at radius 3 is 2.72 bits per heavy atom. The van der Waals surface area contributed by atoms with E-state index in [1.165, 1.54) is 6.92 Å². The molecule has 0 radical (unpaired) electrons. The molecule has 1 aromatic carbocycles. The third-order valence-electron chi connectivity index (χ3n) is 2.30. The minimum absolute atomic E-state index is 0.129. The molecule has 0 saturated heterocycles. The average Bonchev–Trinajstić information content (AvgIpc) is 2.69. The SMILES string of the molecule is CC(=O)Nc1cc(Cl)ccc1CS1(S)C=NN=C1. The summed E-state index contributed by atoms with van der Waals surface area (Å²) in [5.74, 6) is 0.533. The molecular formula is C11H12ClN3OS2. The number of halogens is 1. The van der Waals surface area contributed by atoms with Gasteiger partial charge in [-0.3, -0.25) is 4.79 Å². The first kappa shape index (κ1) is 13.5. The highest BCUT2D eigenvalue weighted by atomic mass is 35.5. The molecule has 96 valence electrons. The molecule has 4 nitrogen and oxygen atoms in total. The number of thiol groups is 1. The summed E-state index contributed by atoms with van der Waals surface area (Å²) in [6.45, 7) is 1.46. The van der Waals surface area contributed by atoms with E-state index >= 15 is 0 Å². The van der Waals surface area contributed by atoms with Crippen molar-refractivity contribution in [2.75, 3.05) is 5.32 Å². The Balaban J connectivity index is 2.29. The fourth-order valence-electron chi connectivity index (χ4n) is 1.55. The molecule has 0 fully saturated rings. The minimum Gasteiger partial charge on any atom is -0.326 e. The lowest BCUT2D eigenvalue weighted by atomic mass is 10.2. The number of amides is 1. The van der Waals surface area contributed by atoms with Crippen LogP contribution in [0.4, 0.5) is 5.69 Å². The van der Waals surface area contributed by atoms with Crippen LogP contribution in [-0.2, 0) is 10.5 Å². The standard InChI is InChI=1S/C11H12ClN3OS2/c1-8(16)15-11-4-10(12)3-2-9(11)5-18(17)6-13-14-7-18/h2-4,6-7,17H,5H2,1H3,(H,15,16). The molecule has 0 spiro atoms. The van der Waals surface area contributed by atoms with Crippen LogP contribution in [0.1, 0.15) is 12.5 Å². The highest BCUT2D eigenvalue weighted by Crippen LogP contribution is 2.53. The maximum Gasteiger partial charge on any atom is 0.221 e. The quantitative estimate of drug-likeness (QED) is 0.652. The lowest BCUT2D eigenvalue weighted by molar-refractivity contribution is -0.114. The summed E-state index contributed by atoms with van der Waals surface area (Å²) < 4.78 is 0. The van der Waals surface area contributed by atoms with Gasteiger partial charge >= 0.3 is 0 Å². The summed E-state index contributed by atoms with van der Waals surface area (Å²) in [5.41, 5.74) is 5.19. The molecule has 0 aromatic heterocycles. The second-order valence-electron chi connectivity index (χ2n) is 3.88. The van der Waals surface area contributed by atoms with E-state index in [0.29, 0.717) is 16.5 Å². The summed E-state index contributed by atoms with van der Waals surface area (Å²) in [6.07, 6.45) is 0.